The van der Waals surface area contributed by atoms with Crippen molar-refractivity contribution in [3.63, 3.8) is 0 Å². The molecule has 0 spiro atoms. The standard InChI is InChI=1S/C42H30N4/c43-37-25-35(27-17-21-29(22-18-27)45-39-13-5-1-9-31(39)32-10-2-6-14-40(32)45)36(26-38(37)44)28-19-23-30(24-20-28)46-41-15-7-3-11-33(41)34-12-4-8-16-42(34)46/h1-26H,43-44H2. The van der Waals surface area contributed by atoms with Crippen molar-refractivity contribution in [3.8, 4) is 33.6 Å². The van der Waals surface area contributed by atoms with Gasteiger partial charge < -0.3 is 20.6 Å². The van der Waals surface area contributed by atoms with E-state index in [0.29, 0.717) is 11.4 Å². The van der Waals surface area contributed by atoms with E-state index in [9.17, 15) is 0 Å². The van der Waals surface area contributed by atoms with Crippen molar-refractivity contribution in [2.24, 2.45) is 0 Å². The van der Waals surface area contributed by atoms with Crippen molar-refractivity contribution in [2.45, 2.75) is 0 Å². The number of hydrogen-bond acceptors (Lipinski definition) is 2. The maximum Gasteiger partial charge on any atom is 0.0554 e. The predicted octanol–water partition coefficient (Wildman–Crippen LogP) is 10.4. The number of nitrogens with two attached hydrogens (primary N) is 2. The van der Waals surface area contributed by atoms with Crippen molar-refractivity contribution >= 4 is 55.0 Å². The highest BCUT2D eigenvalue weighted by Crippen LogP contribution is 2.39. The summed E-state index contributed by atoms with van der Waals surface area (Å²) in [7, 11) is 0. The van der Waals surface area contributed by atoms with Crippen LogP contribution in [0.15, 0.2) is 158 Å². The summed E-state index contributed by atoms with van der Waals surface area (Å²) in [5, 5.41) is 5.00. The second kappa shape index (κ2) is 10.1. The fraction of sp³-hybridized carbons (Fsp3) is 0. The van der Waals surface area contributed by atoms with Crippen molar-refractivity contribution < 1.29 is 0 Å². The van der Waals surface area contributed by atoms with E-state index in [2.05, 4.69) is 155 Å². The maximum atomic E-state index is 6.40. The zero-order chi connectivity index (χ0) is 30.8. The molecule has 4 nitrogen and oxygen atoms in total. The highest BCUT2D eigenvalue weighted by molar-refractivity contribution is 6.10. The van der Waals surface area contributed by atoms with Crippen LogP contribution < -0.4 is 11.5 Å². The average molecular weight is 591 g/mol. The number of benzene rings is 7. The Hall–Kier alpha value is -6.26. The van der Waals surface area contributed by atoms with Gasteiger partial charge >= 0.3 is 0 Å². The van der Waals surface area contributed by atoms with E-state index >= 15 is 0 Å². The number of aromatic nitrogens is 2. The highest BCUT2D eigenvalue weighted by Gasteiger charge is 2.15. The van der Waals surface area contributed by atoms with E-state index in [1.165, 1.54) is 43.6 Å². The van der Waals surface area contributed by atoms with Gasteiger partial charge in [0.2, 0.25) is 0 Å². The van der Waals surface area contributed by atoms with Gasteiger partial charge in [-0.1, -0.05) is 97.1 Å². The van der Waals surface area contributed by atoms with Crippen LogP contribution in [0.5, 0.6) is 0 Å². The third-order valence-corrected chi connectivity index (χ3v) is 9.26. The molecular formula is C42H30N4. The van der Waals surface area contributed by atoms with Crippen LogP contribution in [-0.4, -0.2) is 9.13 Å². The molecule has 0 aliphatic rings. The van der Waals surface area contributed by atoms with Gasteiger partial charge in [0.25, 0.3) is 0 Å². The zero-order valence-corrected chi connectivity index (χ0v) is 25.1. The first-order valence-electron chi connectivity index (χ1n) is 15.5. The molecule has 7 aromatic carbocycles. The summed E-state index contributed by atoms with van der Waals surface area (Å²) in [6.45, 7) is 0. The van der Waals surface area contributed by atoms with Gasteiger partial charge in [-0.2, -0.15) is 0 Å². The van der Waals surface area contributed by atoms with E-state index in [1.807, 2.05) is 12.1 Å². The Kier molecular flexibility index (Phi) is 5.77. The number of rotatable bonds is 4. The van der Waals surface area contributed by atoms with Gasteiger partial charge in [0.1, 0.15) is 0 Å². The van der Waals surface area contributed by atoms with Crippen LogP contribution in [0.1, 0.15) is 0 Å². The largest absolute Gasteiger partial charge is 0.397 e. The molecule has 0 atom stereocenters. The van der Waals surface area contributed by atoms with Crippen molar-refractivity contribution in [3.05, 3.63) is 158 Å². The normalized spacial score (nSPS) is 11.7. The molecule has 2 heterocycles. The summed E-state index contributed by atoms with van der Waals surface area (Å²) in [4.78, 5) is 0. The second-order valence-electron chi connectivity index (χ2n) is 11.9. The van der Waals surface area contributed by atoms with E-state index < -0.39 is 0 Å². The molecule has 0 amide bonds. The Bertz CT molecular complexity index is 2300. The molecule has 0 bridgehead atoms. The number of para-hydroxylation sites is 4. The maximum absolute atomic E-state index is 6.40. The van der Waals surface area contributed by atoms with Crippen LogP contribution in [0.2, 0.25) is 0 Å². The molecule has 218 valence electrons. The monoisotopic (exact) mass is 590 g/mol. The van der Waals surface area contributed by atoms with Gasteiger partial charge in [0, 0.05) is 32.9 Å². The summed E-state index contributed by atoms with van der Waals surface area (Å²) in [5.74, 6) is 0. The molecule has 0 unspecified atom stereocenters. The van der Waals surface area contributed by atoms with Crippen molar-refractivity contribution in [1.29, 1.82) is 0 Å². The molecule has 4 heteroatoms. The Morgan fingerprint density at radius 1 is 0.326 bits per heavy atom. The van der Waals surface area contributed by atoms with Crippen LogP contribution in [0.3, 0.4) is 0 Å². The molecule has 0 fully saturated rings. The van der Waals surface area contributed by atoms with Crippen molar-refractivity contribution in [2.75, 3.05) is 11.5 Å². The molecular weight excluding hydrogens is 560 g/mol. The molecule has 0 saturated heterocycles. The molecule has 0 saturated carbocycles. The first kappa shape index (κ1) is 26.2. The topological polar surface area (TPSA) is 61.9 Å². The van der Waals surface area contributed by atoms with Crippen LogP contribution in [-0.2, 0) is 0 Å². The summed E-state index contributed by atoms with van der Waals surface area (Å²) < 4.78 is 4.67. The molecule has 4 N–H and O–H groups in total. The van der Waals surface area contributed by atoms with Gasteiger partial charge in [0.15, 0.2) is 0 Å². The second-order valence-corrected chi connectivity index (χ2v) is 11.9. The molecule has 2 aromatic heterocycles. The zero-order valence-electron chi connectivity index (χ0n) is 25.1. The van der Waals surface area contributed by atoms with E-state index in [-0.39, 0.29) is 0 Å². The van der Waals surface area contributed by atoms with Crippen LogP contribution in [0, 0.1) is 0 Å². The lowest BCUT2D eigenvalue weighted by Gasteiger charge is -2.15. The number of hydrogen-bond donors (Lipinski definition) is 2. The number of fused-ring (bicyclic) bond motifs is 6. The number of nitrogen functional groups attached to an aromatic ring is 2. The summed E-state index contributed by atoms with van der Waals surface area (Å²) in [6.07, 6.45) is 0. The Morgan fingerprint density at radius 2 is 0.609 bits per heavy atom. The average Bonchev–Trinajstić information content (AvgIpc) is 3.63. The minimum absolute atomic E-state index is 0.576. The smallest absolute Gasteiger partial charge is 0.0554 e. The van der Waals surface area contributed by atoms with Crippen LogP contribution >= 0.6 is 0 Å². The van der Waals surface area contributed by atoms with Crippen LogP contribution in [0.4, 0.5) is 11.4 Å². The molecule has 9 rings (SSSR count). The summed E-state index contributed by atoms with van der Waals surface area (Å²) in [5.41, 5.74) is 25.2. The third-order valence-electron chi connectivity index (χ3n) is 9.26. The van der Waals surface area contributed by atoms with Gasteiger partial charge in [-0.15, -0.1) is 0 Å². The summed E-state index contributed by atoms with van der Waals surface area (Å²) in [6, 6.07) is 55.8. The lowest BCUT2D eigenvalue weighted by atomic mass is 9.93. The van der Waals surface area contributed by atoms with E-state index in [0.717, 1.165) is 33.6 Å². The van der Waals surface area contributed by atoms with Gasteiger partial charge in [0.05, 0.1) is 33.4 Å². The number of anilines is 2. The molecule has 0 aliphatic carbocycles. The Balaban J connectivity index is 1.14. The van der Waals surface area contributed by atoms with E-state index in [1.54, 1.807) is 0 Å². The van der Waals surface area contributed by atoms with Gasteiger partial charge in [-0.3, -0.25) is 0 Å². The van der Waals surface area contributed by atoms with Gasteiger partial charge in [-0.25, -0.2) is 0 Å². The Labute approximate surface area is 266 Å². The lowest BCUT2D eigenvalue weighted by molar-refractivity contribution is 1.18. The third kappa shape index (κ3) is 3.94. The quantitative estimate of drug-likeness (QED) is 0.200. The fourth-order valence-electron chi connectivity index (χ4n) is 7.09. The highest BCUT2D eigenvalue weighted by atomic mass is 15.0. The van der Waals surface area contributed by atoms with E-state index in [4.69, 9.17) is 11.5 Å². The summed E-state index contributed by atoms with van der Waals surface area (Å²) >= 11 is 0. The first-order valence-corrected chi connectivity index (χ1v) is 15.5. The predicted molar refractivity (Wildman–Crippen MR) is 195 cm³/mol. The fourth-order valence-corrected chi connectivity index (χ4v) is 7.09. The lowest BCUT2D eigenvalue weighted by Crippen LogP contribution is -1.98. The first-order chi connectivity index (χ1) is 22.7. The van der Waals surface area contributed by atoms with Crippen LogP contribution in [0.25, 0.3) is 77.2 Å². The molecule has 46 heavy (non-hydrogen) atoms. The minimum Gasteiger partial charge on any atom is -0.397 e. The Morgan fingerprint density at radius 3 is 0.913 bits per heavy atom. The molecule has 0 radical (unpaired) electrons. The minimum atomic E-state index is 0.576. The molecule has 9 aromatic rings. The van der Waals surface area contributed by atoms with Gasteiger partial charge in [-0.05, 0) is 82.9 Å². The van der Waals surface area contributed by atoms with Crippen molar-refractivity contribution in [1.82, 2.24) is 9.13 Å². The molecule has 0 aliphatic heterocycles. The SMILES string of the molecule is Nc1cc(-c2ccc(-n3c4ccccc4c4ccccc43)cc2)c(-c2ccc(-n3c4ccccc4c4ccccc43)cc2)cc1N. The number of nitrogens with zero attached hydrogens (tertiary/aromatic N) is 2.